The van der Waals surface area contributed by atoms with Gasteiger partial charge in [0.05, 0.1) is 21.3 Å². The molecule has 21 heavy (non-hydrogen) atoms. The third-order valence-electron chi connectivity index (χ3n) is 3.04. The summed E-state index contributed by atoms with van der Waals surface area (Å²) in [6.45, 7) is 1.76. The Morgan fingerprint density at radius 2 is 1.62 bits per heavy atom. The summed E-state index contributed by atoms with van der Waals surface area (Å²) in [5.74, 6) is -1.06. The van der Waals surface area contributed by atoms with Crippen molar-refractivity contribution in [2.45, 2.75) is 18.3 Å². The van der Waals surface area contributed by atoms with Crippen LogP contribution in [0.5, 0.6) is 0 Å². The second-order valence-corrected chi connectivity index (χ2v) is 4.81. The summed E-state index contributed by atoms with van der Waals surface area (Å²) in [7, 11) is 11.8. The molecular weight excluding hydrogens is 280 g/mol. The van der Waals surface area contributed by atoms with Gasteiger partial charge in [-0.1, -0.05) is 0 Å². The normalized spacial score (nSPS) is 12.4. The molecule has 104 valence electrons. The molecule has 0 amide bonds. The Labute approximate surface area is 122 Å². The van der Waals surface area contributed by atoms with E-state index in [9.17, 15) is 17.6 Å². The van der Waals surface area contributed by atoms with Crippen molar-refractivity contribution >= 4 is 15.7 Å². The van der Waals surface area contributed by atoms with Crippen LogP contribution in [0.25, 0.3) is 0 Å². The summed E-state index contributed by atoms with van der Waals surface area (Å²) >= 11 is 0. The predicted molar refractivity (Wildman–Crippen MR) is 72.7 cm³/mol. The van der Waals surface area contributed by atoms with Crippen LogP contribution in [0.3, 0.4) is 0 Å². The zero-order chi connectivity index (χ0) is 15.8. The topological polar surface area (TPSA) is 12.9 Å². The number of pyridine rings is 1. The van der Waals surface area contributed by atoms with E-state index in [0.29, 0.717) is 6.07 Å². The summed E-state index contributed by atoms with van der Waals surface area (Å²) in [4.78, 5) is 3.96. The average Bonchev–Trinajstić information content (AvgIpc) is 2.37. The van der Waals surface area contributed by atoms with Gasteiger partial charge >= 0.3 is 6.18 Å². The van der Waals surface area contributed by atoms with Gasteiger partial charge in [-0.3, -0.25) is 4.98 Å². The second kappa shape index (κ2) is 5.20. The maximum Gasteiger partial charge on any atom is 0.416 e. The van der Waals surface area contributed by atoms with E-state index in [1.807, 2.05) is 0 Å². The van der Waals surface area contributed by atoms with Crippen LogP contribution in [0.4, 0.5) is 17.6 Å². The molecule has 0 saturated heterocycles. The van der Waals surface area contributed by atoms with Crippen LogP contribution in [0.2, 0.25) is 0 Å². The van der Waals surface area contributed by atoms with E-state index in [0.717, 1.165) is 17.7 Å². The lowest BCUT2D eigenvalue weighted by Crippen LogP contribution is -2.30. The smallest absolute Gasteiger partial charge is 0.262 e. The van der Waals surface area contributed by atoms with Crippen LogP contribution >= 0.6 is 0 Å². The third-order valence-corrected chi connectivity index (χ3v) is 3.04. The molecule has 1 nitrogen and oxygen atoms in total. The molecule has 0 unspecified atom stereocenters. The fourth-order valence-electron chi connectivity index (χ4n) is 1.90. The van der Waals surface area contributed by atoms with Crippen molar-refractivity contribution in [2.75, 3.05) is 0 Å². The number of aryl methyl sites for hydroxylation is 1. The summed E-state index contributed by atoms with van der Waals surface area (Å²) in [5, 5.41) is -1.83. The molecule has 4 radical (unpaired) electrons. The number of nitrogens with zero attached hydrogens (tertiary/aromatic N) is 1. The standard InChI is InChI=1S/C14H9B2F4N/c1-8-2-3-21-12(4-8)13(15,16)9-5-10(14(18,19)20)7-11(17)6-9/h2-7H,1H3. The van der Waals surface area contributed by atoms with Crippen LogP contribution in [0.1, 0.15) is 22.4 Å². The molecule has 1 heterocycles. The van der Waals surface area contributed by atoms with Gasteiger partial charge in [0.25, 0.3) is 0 Å². The summed E-state index contributed by atoms with van der Waals surface area (Å²) in [5.41, 5.74) is -0.410. The number of hydrogen-bond acceptors (Lipinski definition) is 1. The van der Waals surface area contributed by atoms with Gasteiger partial charge in [-0.2, -0.15) is 13.2 Å². The van der Waals surface area contributed by atoms with E-state index in [4.69, 9.17) is 15.7 Å². The van der Waals surface area contributed by atoms with Crippen molar-refractivity contribution in [2.24, 2.45) is 0 Å². The second-order valence-electron chi connectivity index (χ2n) is 4.81. The molecule has 7 heteroatoms. The molecule has 0 aliphatic heterocycles. The lowest BCUT2D eigenvalue weighted by atomic mass is 9.49. The van der Waals surface area contributed by atoms with E-state index in [1.165, 1.54) is 12.3 Å². The highest BCUT2D eigenvalue weighted by Gasteiger charge is 2.33. The fraction of sp³-hybridized carbons (Fsp3) is 0.214. The lowest BCUT2D eigenvalue weighted by Gasteiger charge is -2.27. The number of rotatable bonds is 2. The minimum atomic E-state index is -4.69. The minimum absolute atomic E-state index is 0.154. The number of alkyl halides is 3. The van der Waals surface area contributed by atoms with Gasteiger partial charge in [0.15, 0.2) is 0 Å². The largest absolute Gasteiger partial charge is 0.416 e. The van der Waals surface area contributed by atoms with Crippen molar-refractivity contribution in [1.82, 2.24) is 4.98 Å². The van der Waals surface area contributed by atoms with Gasteiger partial charge in [0.1, 0.15) is 5.82 Å². The Morgan fingerprint density at radius 3 is 2.19 bits per heavy atom. The van der Waals surface area contributed by atoms with E-state index in [1.54, 1.807) is 13.0 Å². The van der Waals surface area contributed by atoms with Gasteiger partial charge in [-0.15, -0.1) is 0 Å². The molecule has 0 bridgehead atoms. The molecule has 1 aromatic carbocycles. The highest BCUT2D eigenvalue weighted by molar-refractivity contribution is 6.42. The highest BCUT2D eigenvalue weighted by atomic mass is 19.4. The molecule has 2 rings (SSSR count). The third kappa shape index (κ3) is 3.28. The van der Waals surface area contributed by atoms with Crippen molar-refractivity contribution in [3.63, 3.8) is 0 Å². The van der Waals surface area contributed by atoms with Gasteiger partial charge in [0, 0.05) is 11.9 Å². The van der Waals surface area contributed by atoms with E-state index in [-0.39, 0.29) is 11.3 Å². The fourth-order valence-corrected chi connectivity index (χ4v) is 1.90. The van der Waals surface area contributed by atoms with Crippen molar-refractivity contribution in [3.05, 3.63) is 64.7 Å². The molecule has 0 spiro atoms. The van der Waals surface area contributed by atoms with E-state index in [2.05, 4.69) is 4.98 Å². The maximum atomic E-state index is 13.5. The Morgan fingerprint density at radius 1 is 1.00 bits per heavy atom. The monoisotopic (exact) mass is 289 g/mol. The minimum Gasteiger partial charge on any atom is -0.262 e. The molecule has 0 saturated carbocycles. The van der Waals surface area contributed by atoms with Gasteiger partial charge in [0.2, 0.25) is 0 Å². The number of halogens is 4. The number of hydrogen-bond donors (Lipinski definition) is 0. The Kier molecular flexibility index (Phi) is 3.87. The SMILES string of the molecule is [B]C([B])(c1cc(F)cc(C(F)(F)F)c1)c1cc(C)ccn1. The molecular formula is C14H9B2F4N. The molecule has 0 aliphatic rings. The number of aromatic nitrogens is 1. The summed E-state index contributed by atoms with van der Waals surface area (Å²) in [6, 6.07) is 5.22. The molecule has 0 fully saturated rings. The van der Waals surface area contributed by atoms with Crippen LogP contribution in [0.15, 0.2) is 36.5 Å². The Balaban J connectivity index is 2.57. The van der Waals surface area contributed by atoms with Gasteiger partial charge in [-0.05, 0) is 53.6 Å². The first-order chi connectivity index (χ1) is 9.60. The average molecular weight is 289 g/mol. The van der Waals surface area contributed by atoms with Crippen LogP contribution in [-0.4, -0.2) is 20.7 Å². The Bertz CT molecular complexity index is 668. The quantitative estimate of drug-likeness (QED) is 0.611. The predicted octanol–water partition coefficient (Wildman–Crippen LogP) is 3.09. The first kappa shape index (κ1) is 15.6. The van der Waals surface area contributed by atoms with Crippen molar-refractivity contribution in [1.29, 1.82) is 0 Å². The first-order valence-corrected chi connectivity index (χ1v) is 6.00. The maximum absolute atomic E-state index is 13.5. The van der Waals surface area contributed by atoms with Crippen molar-refractivity contribution < 1.29 is 17.6 Å². The lowest BCUT2D eigenvalue weighted by molar-refractivity contribution is -0.137. The molecule has 0 aliphatic carbocycles. The van der Waals surface area contributed by atoms with Crippen LogP contribution in [-0.2, 0) is 11.4 Å². The van der Waals surface area contributed by atoms with Crippen LogP contribution in [0, 0.1) is 12.7 Å². The van der Waals surface area contributed by atoms with E-state index < -0.39 is 22.8 Å². The highest BCUT2D eigenvalue weighted by Crippen LogP contribution is 2.34. The number of benzene rings is 1. The zero-order valence-corrected chi connectivity index (χ0v) is 11.1. The van der Waals surface area contributed by atoms with Crippen molar-refractivity contribution in [3.8, 4) is 0 Å². The van der Waals surface area contributed by atoms with Gasteiger partial charge in [-0.25, -0.2) is 4.39 Å². The van der Waals surface area contributed by atoms with E-state index >= 15 is 0 Å². The molecule has 0 atom stereocenters. The summed E-state index contributed by atoms with van der Waals surface area (Å²) < 4.78 is 51.7. The zero-order valence-electron chi connectivity index (χ0n) is 11.1. The first-order valence-electron chi connectivity index (χ1n) is 6.00. The van der Waals surface area contributed by atoms with Gasteiger partial charge < -0.3 is 0 Å². The molecule has 2 aromatic rings. The van der Waals surface area contributed by atoms with Crippen LogP contribution < -0.4 is 0 Å². The summed E-state index contributed by atoms with van der Waals surface area (Å²) in [6.07, 6.45) is -3.25. The molecule has 0 N–H and O–H groups in total. The molecule has 1 aromatic heterocycles. The Hall–Kier alpha value is -1.78.